The van der Waals surface area contributed by atoms with Crippen molar-refractivity contribution in [2.24, 2.45) is 0 Å². The summed E-state index contributed by atoms with van der Waals surface area (Å²) in [5.74, 6) is -0.486. The van der Waals surface area contributed by atoms with Crippen LogP contribution < -0.4 is 0 Å². The summed E-state index contributed by atoms with van der Waals surface area (Å²) in [6.45, 7) is 0. The van der Waals surface area contributed by atoms with Gasteiger partial charge < -0.3 is 0 Å². The molecule has 0 fully saturated rings. The van der Waals surface area contributed by atoms with Crippen molar-refractivity contribution in [3.8, 4) is 0 Å². The second-order valence-electron chi connectivity index (χ2n) is 3.98. The Hall–Kier alpha value is -2.10. The quantitative estimate of drug-likeness (QED) is 0.519. The van der Waals surface area contributed by atoms with E-state index in [9.17, 15) is 17.6 Å². The Bertz CT molecular complexity index is 565. The Balaban J connectivity index is 2.24. The normalized spacial score (nSPS) is 12.5. The monoisotopic (exact) mass is 266 g/mol. The summed E-state index contributed by atoms with van der Waals surface area (Å²) in [6, 6.07) is 12.7. The fraction of sp³-hybridized carbons (Fsp3) is 0.0667. The molecule has 0 saturated heterocycles. The van der Waals surface area contributed by atoms with E-state index in [0.717, 1.165) is 12.1 Å². The van der Waals surface area contributed by atoms with Crippen LogP contribution in [-0.2, 0) is 6.18 Å². The van der Waals surface area contributed by atoms with Gasteiger partial charge in [0.1, 0.15) is 5.83 Å². The highest BCUT2D eigenvalue weighted by molar-refractivity contribution is 5.76. The maximum absolute atomic E-state index is 13.8. The van der Waals surface area contributed by atoms with Crippen molar-refractivity contribution < 1.29 is 17.6 Å². The van der Waals surface area contributed by atoms with E-state index in [1.54, 1.807) is 30.3 Å². The third kappa shape index (κ3) is 3.44. The number of hydrogen-bond donors (Lipinski definition) is 0. The Kier molecular flexibility index (Phi) is 3.69. The topological polar surface area (TPSA) is 0 Å². The summed E-state index contributed by atoms with van der Waals surface area (Å²) in [4.78, 5) is 0. The molecular formula is C15H10F4. The summed E-state index contributed by atoms with van der Waals surface area (Å²) in [7, 11) is 0. The number of alkyl halides is 3. The van der Waals surface area contributed by atoms with Gasteiger partial charge in [0.05, 0.1) is 5.56 Å². The highest BCUT2D eigenvalue weighted by Gasteiger charge is 2.29. The van der Waals surface area contributed by atoms with E-state index in [0.29, 0.717) is 11.1 Å². The van der Waals surface area contributed by atoms with E-state index in [-0.39, 0.29) is 0 Å². The van der Waals surface area contributed by atoms with Crippen molar-refractivity contribution in [1.82, 2.24) is 0 Å². The first-order valence-corrected chi connectivity index (χ1v) is 5.57. The summed E-state index contributed by atoms with van der Waals surface area (Å²) in [5, 5.41) is 0. The van der Waals surface area contributed by atoms with Gasteiger partial charge in [-0.25, -0.2) is 4.39 Å². The van der Waals surface area contributed by atoms with E-state index in [4.69, 9.17) is 0 Å². The standard InChI is InChI=1S/C15H10F4/c16-14(12-4-2-1-3-5-12)10-11-6-8-13(9-7-11)15(17,18)19/h1-10H/b14-10+. The van der Waals surface area contributed by atoms with E-state index in [1.807, 2.05) is 0 Å². The van der Waals surface area contributed by atoms with Crippen molar-refractivity contribution in [3.63, 3.8) is 0 Å². The fourth-order valence-electron chi connectivity index (χ4n) is 1.60. The van der Waals surface area contributed by atoms with Gasteiger partial charge in [-0.1, -0.05) is 42.5 Å². The Morgan fingerprint density at radius 3 is 1.95 bits per heavy atom. The molecule has 0 saturated carbocycles. The zero-order chi connectivity index (χ0) is 13.9. The smallest absolute Gasteiger partial charge is 0.206 e. The van der Waals surface area contributed by atoms with Gasteiger partial charge in [0, 0.05) is 5.56 Å². The average molecular weight is 266 g/mol. The lowest BCUT2D eigenvalue weighted by molar-refractivity contribution is -0.137. The predicted octanol–water partition coefficient (Wildman–Crippen LogP) is 5.17. The van der Waals surface area contributed by atoms with Crippen LogP contribution in [0.5, 0.6) is 0 Å². The number of rotatable bonds is 2. The average Bonchev–Trinajstić information content (AvgIpc) is 2.39. The van der Waals surface area contributed by atoms with Crippen LogP contribution in [0.4, 0.5) is 17.6 Å². The first-order valence-electron chi connectivity index (χ1n) is 5.57. The summed E-state index contributed by atoms with van der Waals surface area (Å²) < 4.78 is 50.9. The number of halogens is 4. The lowest BCUT2D eigenvalue weighted by Gasteiger charge is -2.06. The van der Waals surface area contributed by atoms with Gasteiger partial charge in [0.15, 0.2) is 0 Å². The molecule has 0 N–H and O–H groups in total. The molecule has 98 valence electrons. The minimum absolute atomic E-state index is 0.384. The summed E-state index contributed by atoms with van der Waals surface area (Å²) in [6.07, 6.45) is -3.17. The van der Waals surface area contributed by atoms with Crippen LogP contribution in [0, 0.1) is 0 Å². The zero-order valence-corrected chi connectivity index (χ0v) is 9.79. The predicted molar refractivity (Wildman–Crippen MR) is 66.9 cm³/mol. The molecule has 0 radical (unpaired) electrons. The van der Waals surface area contributed by atoms with Gasteiger partial charge in [-0.05, 0) is 23.8 Å². The lowest BCUT2D eigenvalue weighted by Crippen LogP contribution is -2.03. The van der Waals surface area contributed by atoms with Crippen molar-refractivity contribution in [2.45, 2.75) is 6.18 Å². The molecule has 0 bridgehead atoms. The Labute approximate surface area is 108 Å². The Morgan fingerprint density at radius 2 is 1.42 bits per heavy atom. The van der Waals surface area contributed by atoms with Crippen LogP contribution in [0.25, 0.3) is 11.9 Å². The molecule has 0 unspecified atom stereocenters. The van der Waals surface area contributed by atoms with Crippen LogP contribution >= 0.6 is 0 Å². The molecule has 0 aliphatic rings. The number of benzene rings is 2. The van der Waals surface area contributed by atoms with Gasteiger partial charge in [0.2, 0.25) is 0 Å². The van der Waals surface area contributed by atoms with Crippen molar-refractivity contribution in [1.29, 1.82) is 0 Å². The van der Waals surface area contributed by atoms with Crippen molar-refractivity contribution in [3.05, 3.63) is 71.3 Å². The van der Waals surface area contributed by atoms with Crippen LogP contribution in [-0.4, -0.2) is 0 Å². The summed E-state index contributed by atoms with van der Waals surface area (Å²) >= 11 is 0. The fourth-order valence-corrected chi connectivity index (χ4v) is 1.60. The van der Waals surface area contributed by atoms with Crippen LogP contribution in [0.15, 0.2) is 54.6 Å². The van der Waals surface area contributed by atoms with Crippen molar-refractivity contribution in [2.75, 3.05) is 0 Å². The SMILES string of the molecule is F/C(=C/c1ccc(C(F)(F)F)cc1)c1ccccc1. The molecule has 0 amide bonds. The molecular weight excluding hydrogens is 256 g/mol. The molecule has 0 atom stereocenters. The first-order chi connectivity index (χ1) is 8.97. The molecule has 0 heterocycles. The lowest BCUT2D eigenvalue weighted by atomic mass is 10.1. The van der Waals surface area contributed by atoms with Gasteiger partial charge in [-0.3, -0.25) is 0 Å². The first kappa shape index (κ1) is 13.3. The maximum atomic E-state index is 13.8. The molecule has 19 heavy (non-hydrogen) atoms. The highest BCUT2D eigenvalue weighted by atomic mass is 19.4. The highest BCUT2D eigenvalue weighted by Crippen LogP contribution is 2.29. The van der Waals surface area contributed by atoms with Crippen molar-refractivity contribution >= 4 is 11.9 Å². The van der Waals surface area contributed by atoms with Crippen LogP contribution in [0.2, 0.25) is 0 Å². The largest absolute Gasteiger partial charge is 0.416 e. The molecule has 2 aromatic rings. The molecule has 0 aromatic heterocycles. The van der Waals surface area contributed by atoms with E-state index in [1.165, 1.54) is 18.2 Å². The number of hydrogen-bond acceptors (Lipinski definition) is 0. The third-order valence-electron chi connectivity index (χ3n) is 2.58. The maximum Gasteiger partial charge on any atom is 0.416 e. The van der Waals surface area contributed by atoms with Gasteiger partial charge in [-0.15, -0.1) is 0 Å². The van der Waals surface area contributed by atoms with Gasteiger partial charge >= 0.3 is 6.18 Å². The third-order valence-corrected chi connectivity index (χ3v) is 2.58. The molecule has 2 rings (SSSR count). The minimum Gasteiger partial charge on any atom is -0.206 e. The van der Waals surface area contributed by atoms with Crippen LogP contribution in [0.3, 0.4) is 0 Å². The zero-order valence-electron chi connectivity index (χ0n) is 9.79. The molecule has 0 spiro atoms. The minimum atomic E-state index is -4.37. The molecule has 0 nitrogen and oxygen atoms in total. The van der Waals surface area contributed by atoms with E-state index >= 15 is 0 Å². The second kappa shape index (κ2) is 5.26. The molecule has 4 heteroatoms. The van der Waals surface area contributed by atoms with Gasteiger partial charge in [0.25, 0.3) is 0 Å². The van der Waals surface area contributed by atoms with Crippen LogP contribution in [0.1, 0.15) is 16.7 Å². The van der Waals surface area contributed by atoms with Gasteiger partial charge in [-0.2, -0.15) is 13.2 Å². The van der Waals surface area contributed by atoms with E-state index < -0.39 is 17.6 Å². The Morgan fingerprint density at radius 1 is 0.842 bits per heavy atom. The second-order valence-corrected chi connectivity index (χ2v) is 3.98. The van der Waals surface area contributed by atoms with E-state index in [2.05, 4.69) is 0 Å². The molecule has 0 aliphatic carbocycles. The molecule has 0 aliphatic heterocycles. The summed E-state index contributed by atoms with van der Waals surface area (Å²) in [5.41, 5.74) is 0.0292. The molecule has 2 aromatic carbocycles.